The van der Waals surface area contributed by atoms with Crippen LogP contribution in [0.3, 0.4) is 0 Å². The molecule has 3 heteroatoms. The van der Waals surface area contributed by atoms with E-state index in [9.17, 15) is 0 Å². The molecular formula is C13H27BO2. The van der Waals surface area contributed by atoms with E-state index in [1.165, 1.54) is 25.7 Å². The fraction of sp³-hybridized carbons (Fsp3) is 0.846. The monoisotopic (exact) mass is 226 g/mol. The van der Waals surface area contributed by atoms with Crippen LogP contribution in [0.5, 0.6) is 0 Å². The van der Waals surface area contributed by atoms with Gasteiger partial charge in [0.15, 0.2) is 0 Å². The summed E-state index contributed by atoms with van der Waals surface area (Å²) in [5.74, 6) is 0.694. The van der Waals surface area contributed by atoms with Gasteiger partial charge in [-0.15, -0.1) is 0 Å². The molecule has 0 aromatic carbocycles. The number of ether oxygens (including phenoxy) is 1. The normalized spacial score (nSPS) is 11.4. The predicted molar refractivity (Wildman–Crippen MR) is 71.7 cm³/mol. The Kier molecular flexibility index (Phi) is 10.5. The predicted octanol–water partition coefficient (Wildman–Crippen LogP) is 4.49. The molecule has 0 N–H and O–H groups in total. The quantitative estimate of drug-likeness (QED) is 0.403. The van der Waals surface area contributed by atoms with E-state index in [1.807, 2.05) is 19.9 Å². The van der Waals surface area contributed by atoms with Crippen LogP contribution in [0, 0.1) is 0 Å². The molecule has 2 nitrogen and oxygen atoms in total. The van der Waals surface area contributed by atoms with Crippen molar-refractivity contribution in [3.63, 3.8) is 0 Å². The molecule has 0 aromatic rings. The molecule has 0 aliphatic carbocycles. The highest BCUT2D eigenvalue weighted by Crippen LogP contribution is 2.15. The molecule has 0 heterocycles. The molecule has 0 aromatic heterocycles. The summed E-state index contributed by atoms with van der Waals surface area (Å²) in [7, 11) is 0. The second kappa shape index (κ2) is 10.9. The molecule has 0 radical (unpaired) electrons. The maximum Gasteiger partial charge on any atom is 0.361 e. The first kappa shape index (κ1) is 15.4. The molecule has 0 aliphatic heterocycles. The van der Waals surface area contributed by atoms with Gasteiger partial charge in [-0.05, 0) is 32.6 Å². The zero-order valence-corrected chi connectivity index (χ0v) is 11.4. The maximum absolute atomic E-state index is 5.88. The van der Waals surface area contributed by atoms with E-state index in [1.54, 1.807) is 0 Å². The number of hydrogen-bond acceptors (Lipinski definition) is 2. The average molecular weight is 226 g/mol. The third kappa shape index (κ3) is 7.66. The molecule has 0 aliphatic rings. The fourth-order valence-corrected chi connectivity index (χ4v) is 1.62. The Morgan fingerprint density at radius 3 is 2.00 bits per heavy atom. The van der Waals surface area contributed by atoms with Crippen LogP contribution in [-0.4, -0.2) is 13.5 Å². The fourth-order valence-electron chi connectivity index (χ4n) is 1.62. The Hall–Kier alpha value is -0.595. The summed E-state index contributed by atoms with van der Waals surface area (Å²) in [5.41, 5.74) is 0. The lowest BCUT2D eigenvalue weighted by atomic mass is 9.59. The zero-order chi connectivity index (χ0) is 12.2. The smallest absolute Gasteiger partial charge is 0.361 e. The van der Waals surface area contributed by atoms with Crippen molar-refractivity contribution in [3.05, 3.63) is 12.0 Å². The van der Waals surface area contributed by atoms with Crippen LogP contribution in [0.1, 0.15) is 53.4 Å². The van der Waals surface area contributed by atoms with Crippen LogP contribution < -0.4 is 0 Å². The molecule has 0 saturated carbocycles. The summed E-state index contributed by atoms with van der Waals surface area (Å²) >= 11 is 0. The molecular weight excluding hydrogens is 199 g/mol. The SMILES string of the molecule is C/C=C(/OCC)OB(CCCC)CCCC. The molecule has 0 saturated heterocycles. The topological polar surface area (TPSA) is 18.5 Å². The van der Waals surface area contributed by atoms with Crippen molar-refractivity contribution >= 4 is 6.92 Å². The summed E-state index contributed by atoms with van der Waals surface area (Å²) < 4.78 is 11.3. The van der Waals surface area contributed by atoms with E-state index in [0.717, 1.165) is 12.6 Å². The summed E-state index contributed by atoms with van der Waals surface area (Å²) in [4.78, 5) is 0. The van der Waals surface area contributed by atoms with Gasteiger partial charge in [-0.2, -0.15) is 0 Å². The van der Waals surface area contributed by atoms with Crippen LogP contribution >= 0.6 is 0 Å². The van der Waals surface area contributed by atoms with Gasteiger partial charge in [0.05, 0.1) is 6.61 Å². The molecule has 0 fully saturated rings. The second-order valence-electron chi connectivity index (χ2n) is 4.07. The first-order valence-electron chi connectivity index (χ1n) is 6.74. The van der Waals surface area contributed by atoms with E-state index in [-0.39, 0.29) is 0 Å². The van der Waals surface area contributed by atoms with Gasteiger partial charge in [-0.3, -0.25) is 0 Å². The van der Waals surface area contributed by atoms with Crippen molar-refractivity contribution in [2.75, 3.05) is 6.61 Å². The lowest BCUT2D eigenvalue weighted by molar-refractivity contribution is 0.113. The van der Waals surface area contributed by atoms with Crippen molar-refractivity contribution in [3.8, 4) is 0 Å². The third-order valence-corrected chi connectivity index (χ3v) is 2.56. The van der Waals surface area contributed by atoms with E-state index >= 15 is 0 Å². The van der Waals surface area contributed by atoms with Gasteiger partial charge in [0.1, 0.15) is 0 Å². The van der Waals surface area contributed by atoms with Crippen molar-refractivity contribution in [2.45, 2.75) is 66.0 Å². The molecule has 0 amide bonds. The second-order valence-corrected chi connectivity index (χ2v) is 4.07. The highest BCUT2D eigenvalue weighted by molar-refractivity contribution is 6.52. The summed E-state index contributed by atoms with van der Waals surface area (Å²) in [6.45, 7) is 9.39. The molecule has 0 rings (SSSR count). The lowest BCUT2D eigenvalue weighted by Gasteiger charge is -2.17. The molecule has 94 valence electrons. The lowest BCUT2D eigenvalue weighted by Crippen LogP contribution is -2.18. The van der Waals surface area contributed by atoms with E-state index in [4.69, 9.17) is 9.39 Å². The van der Waals surface area contributed by atoms with E-state index in [2.05, 4.69) is 13.8 Å². The molecule has 0 spiro atoms. The maximum atomic E-state index is 5.88. The van der Waals surface area contributed by atoms with Crippen molar-refractivity contribution in [1.29, 1.82) is 0 Å². The first-order chi connectivity index (χ1) is 7.78. The largest absolute Gasteiger partial charge is 0.536 e. The summed E-state index contributed by atoms with van der Waals surface area (Å²) in [6, 6.07) is 0. The van der Waals surface area contributed by atoms with Gasteiger partial charge >= 0.3 is 6.92 Å². The van der Waals surface area contributed by atoms with Gasteiger partial charge < -0.3 is 9.39 Å². The van der Waals surface area contributed by atoms with Gasteiger partial charge in [0, 0.05) is 0 Å². The summed E-state index contributed by atoms with van der Waals surface area (Å²) in [5, 5.41) is 0. The minimum atomic E-state index is 0.331. The Morgan fingerprint density at radius 1 is 1.06 bits per heavy atom. The van der Waals surface area contributed by atoms with Gasteiger partial charge in [0.25, 0.3) is 5.95 Å². The minimum absolute atomic E-state index is 0.331. The van der Waals surface area contributed by atoms with Crippen LogP contribution in [0.4, 0.5) is 0 Å². The van der Waals surface area contributed by atoms with Crippen LogP contribution in [0.15, 0.2) is 12.0 Å². The Labute approximate surface area is 102 Å². The Bertz CT molecular complexity index is 173. The third-order valence-electron chi connectivity index (χ3n) is 2.56. The van der Waals surface area contributed by atoms with Crippen LogP contribution in [0.25, 0.3) is 0 Å². The average Bonchev–Trinajstić information content (AvgIpc) is 2.31. The highest BCUT2D eigenvalue weighted by atomic mass is 16.6. The van der Waals surface area contributed by atoms with Gasteiger partial charge in [0.2, 0.25) is 0 Å². The number of rotatable bonds is 10. The van der Waals surface area contributed by atoms with Crippen LogP contribution in [0.2, 0.25) is 12.6 Å². The van der Waals surface area contributed by atoms with Crippen molar-refractivity contribution in [1.82, 2.24) is 0 Å². The minimum Gasteiger partial charge on any atom is -0.536 e. The van der Waals surface area contributed by atoms with Gasteiger partial charge in [-0.1, -0.05) is 39.5 Å². The van der Waals surface area contributed by atoms with Crippen molar-refractivity contribution < 1.29 is 9.39 Å². The zero-order valence-electron chi connectivity index (χ0n) is 11.4. The Balaban J connectivity index is 4.05. The molecule has 0 bridgehead atoms. The van der Waals surface area contributed by atoms with E-state index < -0.39 is 0 Å². The molecule has 0 atom stereocenters. The molecule has 16 heavy (non-hydrogen) atoms. The van der Waals surface area contributed by atoms with Crippen molar-refractivity contribution in [2.24, 2.45) is 0 Å². The first-order valence-corrected chi connectivity index (χ1v) is 6.74. The standard InChI is InChI=1S/C13H27BO2/c1-5-9-11-14(12-10-6-2)16-13(7-3)15-8-4/h7H,5-6,8-12H2,1-4H3/b13-7-. The van der Waals surface area contributed by atoms with Gasteiger partial charge in [-0.25, -0.2) is 0 Å². The Morgan fingerprint density at radius 2 is 1.62 bits per heavy atom. The van der Waals surface area contributed by atoms with Crippen LogP contribution in [-0.2, 0) is 9.39 Å². The number of allylic oxidation sites excluding steroid dienone is 1. The highest BCUT2D eigenvalue weighted by Gasteiger charge is 2.17. The number of hydrogen-bond donors (Lipinski definition) is 0. The molecule has 0 unspecified atom stereocenters. The number of unbranched alkanes of at least 4 members (excludes halogenated alkanes) is 2. The summed E-state index contributed by atoms with van der Waals surface area (Å²) in [6.07, 6.45) is 9.11. The van der Waals surface area contributed by atoms with E-state index in [0.29, 0.717) is 19.5 Å².